The van der Waals surface area contributed by atoms with Crippen LogP contribution in [0.4, 0.5) is 4.79 Å². The van der Waals surface area contributed by atoms with Crippen molar-refractivity contribution in [3.63, 3.8) is 0 Å². The molecule has 3 aliphatic heterocycles. The van der Waals surface area contributed by atoms with Crippen molar-refractivity contribution < 1.29 is 38.2 Å². The van der Waals surface area contributed by atoms with E-state index in [1.165, 1.54) is 35.0 Å². The Bertz CT molecular complexity index is 1350. The summed E-state index contributed by atoms with van der Waals surface area (Å²) >= 11 is 2.30. The van der Waals surface area contributed by atoms with E-state index in [4.69, 9.17) is 23.5 Å². The van der Waals surface area contributed by atoms with Gasteiger partial charge in [0.2, 0.25) is 16.4 Å². The Morgan fingerprint density at radius 3 is 2.43 bits per heavy atom. The van der Waals surface area contributed by atoms with Gasteiger partial charge >= 0.3 is 26.0 Å². The molecule has 4 rings (SSSR count). The number of oxime groups is 1. The molecule has 4 atom stereocenters. The molecule has 17 heteroatoms. The maximum Gasteiger partial charge on any atom is 0.378 e. The number of β-lactam (4-membered cyclic amide) rings is 1. The molecule has 42 heavy (non-hydrogen) atoms. The van der Waals surface area contributed by atoms with Crippen LogP contribution in [0.15, 0.2) is 10.5 Å². The zero-order valence-corrected chi connectivity index (χ0v) is 26.0. The second kappa shape index (κ2) is 11.2. The molecule has 0 saturated carbocycles. The number of hydrazine groups is 1. The first-order valence-electron chi connectivity index (χ1n) is 13.1. The topological polar surface area (TPSA) is 174 Å². The van der Waals surface area contributed by atoms with E-state index in [0.717, 1.165) is 16.8 Å². The predicted molar refractivity (Wildman–Crippen MR) is 153 cm³/mol. The highest BCUT2D eigenvalue weighted by Crippen LogP contribution is 2.53. The quantitative estimate of drug-likeness (QED) is 0.0797. The van der Waals surface area contributed by atoms with Crippen LogP contribution in [-0.4, -0.2) is 104 Å². The molecular weight excluding hydrogens is 587 g/mol. The summed E-state index contributed by atoms with van der Waals surface area (Å²) in [7, 11) is 5.24. The van der Waals surface area contributed by atoms with Crippen LogP contribution in [0, 0.1) is 12.8 Å². The molecule has 0 spiro atoms. The average Bonchev–Trinajstić information content (AvgIpc) is 3.57. The normalized spacial score (nSPS) is 26.2. The first-order valence-corrected chi connectivity index (χ1v) is 14.9. The van der Waals surface area contributed by atoms with Crippen molar-refractivity contribution in [2.75, 3.05) is 13.1 Å². The second-order valence-corrected chi connectivity index (χ2v) is 14.3. The van der Waals surface area contributed by atoms with E-state index in [9.17, 15) is 24.0 Å². The fourth-order valence-electron chi connectivity index (χ4n) is 4.70. The van der Waals surface area contributed by atoms with Crippen LogP contribution < -0.4 is 5.84 Å². The lowest BCUT2D eigenvalue weighted by molar-refractivity contribution is -0.179. The van der Waals surface area contributed by atoms with Gasteiger partial charge < -0.3 is 19.1 Å². The number of nitrogens with zero attached hydrogens (tertiary/aromatic N) is 5. The third kappa shape index (κ3) is 5.73. The van der Waals surface area contributed by atoms with Crippen molar-refractivity contribution in [1.82, 2.24) is 19.8 Å². The molecule has 2 N–H and O–H groups in total. The molecule has 2 radical (unpaired) electrons. The van der Waals surface area contributed by atoms with Gasteiger partial charge in [-0.25, -0.2) is 20.4 Å². The van der Waals surface area contributed by atoms with Crippen LogP contribution >= 0.6 is 23.1 Å². The smallest absolute Gasteiger partial charge is 0.378 e. The number of carbonyl (C=O) groups excluding carboxylic acids is 5. The van der Waals surface area contributed by atoms with E-state index in [2.05, 4.69) is 14.8 Å². The average molecular weight is 621 g/mol. The second-order valence-electron chi connectivity index (χ2n) is 11.8. The molecule has 3 fully saturated rings. The van der Waals surface area contributed by atoms with Crippen molar-refractivity contribution >= 4 is 66.5 Å². The van der Waals surface area contributed by atoms with Crippen LogP contribution in [0.2, 0.25) is 0 Å². The number of Topliss-reactive ketones (excluding diaryl/α,β-unsaturated/α-hetero) is 1. The Morgan fingerprint density at radius 2 is 1.90 bits per heavy atom. The summed E-state index contributed by atoms with van der Waals surface area (Å²) in [5.41, 5.74) is -2.24. The van der Waals surface area contributed by atoms with Gasteiger partial charge in [-0.15, -0.1) is 11.3 Å². The summed E-state index contributed by atoms with van der Waals surface area (Å²) < 4.78 is 9.96. The molecule has 1 unspecified atom stereocenters. The number of hydrogen-bond donors (Lipinski definition) is 1. The van der Waals surface area contributed by atoms with E-state index >= 15 is 0 Å². The van der Waals surface area contributed by atoms with E-state index in [0.29, 0.717) is 5.01 Å². The molecule has 1 aromatic rings. The number of thioether (sulfide) groups is 1. The molecule has 0 aromatic carbocycles. The minimum Gasteiger partial charge on any atom is -0.541 e. The number of urea groups is 1. The van der Waals surface area contributed by atoms with Gasteiger partial charge in [0.1, 0.15) is 11.3 Å². The Labute approximate surface area is 252 Å². The predicted octanol–water partition coefficient (Wildman–Crippen LogP) is 1.11. The monoisotopic (exact) mass is 620 g/mol. The van der Waals surface area contributed by atoms with Crippen LogP contribution in [0.25, 0.3) is 0 Å². The number of esters is 1. The highest BCUT2D eigenvalue weighted by molar-refractivity contribution is 8.02. The highest BCUT2D eigenvalue weighted by atomic mass is 32.2. The van der Waals surface area contributed by atoms with Crippen molar-refractivity contribution in [1.29, 1.82) is 0 Å². The number of aromatic nitrogens is 1. The maximum absolute atomic E-state index is 13.6. The summed E-state index contributed by atoms with van der Waals surface area (Å²) in [4.78, 5) is 76.2. The van der Waals surface area contributed by atoms with Crippen molar-refractivity contribution in [2.45, 2.75) is 82.4 Å². The maximum atomic E-state index is 13.6. The summed E-state index contributed by atoms with van der Waals surface area (Å²) in [6, 6.07) is -1.01. The Morgan fingerprint density at radius 1 is 1.24 bits per heavy atom. The fraction of sp³-hybridized carbons (Fsp3) is 0.640. The molecule has 3 saturated heterocycles. The largest absolute Gasteiger partial charge is 0.541 e. The SMILES string of the molecule is [B]OC(=O)[C@@]1(N2C[C@H](C)N(N)C2=O)CN2C(=O)C(CC(=O)/C(=N\OC(C)(C)C(=O)OC(C)(C)C)c3csc(C)n3)[C@H]2S1. The van der Waals surface area contributed by atoms with Crippen molar-refractivity contribution in [3.8, 4) is 0 Å². The Kier molecular flexibility index (Phi) is 8.43. The number of rotatable bonds is 9. The van der Waals surface area contributed by atoms with Crippen LogP contribution in [0.1, 0.15) is 58.7 Å². The van der Waals surface area contributed by atoms with Crippen molar-refractivity contribution in [3.05, 3.63) is 16.1 Å². The first-order chi connectivity index (χ1) is 19.4. The summed E-state index contributed by atoms with van der Waals surface area (Å²) in [5.74, 6) is 2.47. The molecule has 3 aliphatic rings. The van der Waals surface area contributed by atoms with Crippen LogP contribution in [0.5, 0.6) is 0 Å². The molecule has 3 amide bonds. The third-order valence-corrected chi connectivity index (χ3v) is 9.48. The number of ether oxygens (including phenoxy) is 1. The van der Waals surface area contributed by atoms with Gasteiger partial charge in [-0.05, 0) is 48.5 Å². The molecule has 0 bridgehead atoms. The Hall–Kier alpha value is -3.18. The lowest BCUT2D eigenvalue weighted by Crippen LogP contribution is -2.60. The van der Waals surface area contributed by atoms with E-state index in [-0.39, 0.29) is 36.8 Å². The van der Waals surface area contributed by atoms with Gasteiger partial charge in [0.25, 0.3) is 0 Å². The minimum atomic E-state index is -1.63. The standard InChI is InChI=1S/C25H33BN6O8S2/c1-12-9-31(22(37)32(12)27)25(21(36)39-26)11-30-18(34)14(19(30)42-25)8-16(33)17(15-10-41-13(2)28-15)29-40-24(6,7)20(35)38-23(3,4)5/h10,12,14,19H,8-9,11,27H2,1-7H3/b29-17-/t12-,14?,19+,25+/m0/s1. The number of hydrogen-bond acceptors (Lipinski definition) is 13. The number of ketones is 1. The summed E-state index contributed by atoms with van der Waals surface area (Å²) in [5, 5.41) is 6.68. The van der Waals surface area contributed by atoms with Gasteiger partial charge in [0, 0.05) is 18.3 Å². The third-order valence-electron chi connectivity index (χ3n) is 6.97. The van der Waals surface area contributed by atoms with Gasteiger partial charge in [0.15, 0.2) is 11.5 Å². The minimum absolute atomic E-state index is 0.112. The molecule has 14 nitrogen and oxygen atoms in total. The summed E-state index contributed by atoms with van der Waals surface area (Å²) in [6.45, 7) is 11.5. The zero-order valence-electron chi connectivity index (χ0n) is 24.4. The van der Waals surface area contributed by atoms with Gasteiger partial charge in [-0.2, -0.15) is 0 Å². The number of fused-ring (bicyclic) bond motifs is 1. The number of carbonyl (C=O) groups is 5. The summed E-state index contributed by atoms with van der Waals surface area (Å²) in [6.07, 6.45) is -0.292. The van der Waals surface area contributed by atoms with Crippen LogP contribution in [-0.2, 0) is 33.4 Å². The molecule has 4 heterocycles. The number of nitrogens with two attached hydrogens (primary N) is 1. The first kappa shape index (κ1) is 31.8. The fourth-order valence-corrected chi connectivity index (χ4v) is 7.01. The molecule has 226 valence electrons. The van der Waals surface area contributed by atoms with E-state index in [1.807, 2.05) is 0 Å². The number of amides is 3. The van der Waals surface area contributed by atoms with E-state index < -0.39 is 57.2 Å². The van der Waals surface area contributed by atoms with Gasteiger partial charge in [0.05, 0.1) is 28.9 Å². The molecule has 0 aliphatic carbocycles. The van der Waals surface area contributed by atoms with Crippen molar-refractivity contribution in [2.24, 2.45) is 16.9 Å². The van der Waals surface area contributed by atoms with Crippen LogP contribution in [0.3, 0.4) is 0 Å². The van der Waals surface area contributed by atoms with E-state index in [1.54, 1.807) is 40.0 Å². The van der Waals surface area contributed by atoms with Gasteiger partial charge in [-0.3, -0.25) is 24.3 Å². The molecule has 1 aromatic heterocycles. The highest BCUT2D eigenvalue weighted by Gasteiger charge is 2.66. The van der Waals surface area contributed by atoms with Gasteiger partial charge in [-0.1, -0.05) is 16.9 Å². The lowest BCUT2D eigenvalue weighted by atomic mass is 9.90. The zero-order chi connectivity index (χ0) is 31.4. The number of thiazole rings is 1. The Balaban J connectivity index is 1.56. The molecular formula is C25H33BN6O8S2. The lowest BCUT2D eigenvalue weighted by Gasteiger charge is -2.40. The number of aryl methyl sites for hydroxylation is 1.